The molecule has 0 spiro atoms. The number of hydrogen-bond donors (Lipinski definition) is 2. The molecule has 0 saturated carbocycles. The highest BCUT2D eigenvalue weighted by Crippen LogP contribution is 2.30. The summed E-state index contributed by atoms with van der Waals surface area (Å²) in [5.41, 5.74) is 1.17. The molecule has 0 fully saturated rings. The molecule has 1 aromatic heterocycles. The first-order chi connectivity index (χ1) is 8.89. The second-order valence-electron chi connectivity index (χ2n) is 5.67. The van der Waals surface area contributed by atoms with Gasteiger partial charge in [0.1, 0.15) is 0 Å². The van der Waals surface area contributed by atoms with Crippen LogP contribution in [0, 0.1) is 0 Å². The van der Waals surface area contributed by atoms with Crippen molar-refractivity contribution in [1.29, 1.82) is 0 Å². The van der Waals surface area contributed by atoms with Crippen molar-refractivity contribution >= 4 is 23.2 Å². The average molecular weight is 281 g/mol. The lowest BCUT2D eigenvalue weighted by molar-refractivity contribution is -0.138. The van der Waals surface area contributed by atoms with Gasteiger partial charge >= 0.3 is 5.97 Å². The lowest BCUT2D eigenvalue weighted by atomic mass is 9.94. The largest absolute Gasteiger partial charge is 0.481 e. The van der Waals surface area contributed by atoms with Crippen molar-refractivity contribution in [2.24, 2.45) is 0 Å². The van der Waals surface area contributed by atoms with Gasteiger partial charge in [0.2, 0.25) is 0 Å². The number of carboxylic acids is 1. The summed E-state index contributed by atoms with van der Waals surface area (Å²) in [6, 6.07) is 0. The zero-order valence-corrected chi connectivity index (χ0v) is 12.1. The average Bonchev–Trinajstić information content (AvgIpc) is 2.69. The Morgan fingerprint density at radius 2 is 2.05 bits per heavy atom. The molecule has 1 aliphatic rings. The molecule has 1 heterocycles. The van der Waals surface area contributed by atoms with Gasteiger partial charge in [-0.1, -0.05) is 0 Å². The maximum absolute atomic E-state index is 12.3. The Morgan fingerprint density at radius 3 is 2.74 bits per heavy atom. The summed E-state index contributed by atoms with van der Waals surface area (Å²) in [6.07, 6.45) is 4.26. The predicted molar refractivity (Wildman–Crippen MR) is 74.8 cm³/mol. The SMILES string of the molecule is CC(C)(CC(=O)O)NC(=O)c1csc2c1CCCC2. The number of carboxylic acid groups (broad SMARTS) is 1. The van der Waals surface area contributed by atoms with Crippen molar-refractivity contribution in [2.45, 2.75) is 51.5 Å². The molecule has 0 aromatic carbocycles. The predicted octanol–water partition coefficient (Wildman–Crippen LogP) is 2.61. The van der Waals surface area contributed by atoms with Crippen LogP contribution < -0.4 is 5.32 Å². The van der Waals surface area contributed by atoms with E-state index in [4.69, 9.17) is 5.11 Å². The minimum absolute atomic E-state index is 0.0783. The molecular formula is C14H19NO3S. The molecule has 4 nitrogen and oxygen atoms in total. The number of nitrogens with one attached hydrogen (secondary N) is 1. The molecule has 104 valence electrons. The second-order valence-corrected chi connectivity index (χ2v) is 6.63. The third-order valence-corrected chi connectivity index (χ3v) is 4.44. The van der Waals surface area contributed by atoms with Gasteiger partial charge in [0.25, 0.3) is 5.91 Å². The Kier molecular flexibility index (Phi) is 3.94. The summed E-state index contributed by atoms with van der Waals surface area (Å²) in [4.78, 5) is 24.4. The van der Waals surface area contributed by atoms with Crippen molar-refractivity contribution < 1.29 is 14.7 Å². The number of amides is 1. The molecule has 0 atom stereocenters. The molecule has 2 rings (SSSR count). The smallest absolute Gasteiger partial charge is 0.305 e. The maximum Gasteiger partial charge on any atom is 0.305 e. The summed E-state index contributed by atoms with van der Waals surface area (Å²) < 4.78 is 0. The molecule has 0 aliphatic heterocycles. The molecular weight excluding hydrogens is 262 g/mol. The van der Waals surface area contributed by atoms with Crippen LogP contribution in [0.5, 0.6) is 0 Å². The Hall–Kier alpha value is -1.36. The van der Waals surface area contributed by atoms with Gasteiger partial charge in [0, 0.05) is 15.8 Å². The Labute approximate surface area is 116 Å². The fourth-order valence-electron chi connectivity index (χ4n) is 2.48. The third-order valence-electron chi connectivity index (χ3n) is 3.35. The van der Waals surface area contributed by atoms with Gasteiger partial charge in [-0.25, -0.2) is 0 Å². The normalized spacial score (nSPS) is 14.8. The van der Waals surface area contributed by atoms with Crippen LogP contribution in [-0.2, 0) is 17.6 Å². The van der Waals surface area contributed by atoms with E-state index in [2.05, 4.69) is 5.32 Å². The summed E-state index contributed by atoms with van der Waals surface area (Å²) >= 11 is 1.64. The standard InChI is InChI=1S/C14H19NO3S/c1-14(2,7-12(16)17)15-13(18)10-8-19-11-6-4-3-5-9(10)11/h8H,3-7H2,1-2H3,(H,15,18)(H,16,17). The minimum atomic E-state index is -0.905. The molecule has 0 unspecified atom stereocenters. The van der Waals surface area contributed by atoms with E-state index in [0.717, 1.165) is 24.8 Å². The highest BCUT2D eigenvalue weighted by molar-refractivity contribution is 7.10. The van der Waals surface area contributed by atoms with Crippen molar-refractivity contribution in [2.75, 3.05) is 0 Å². The van der Waals surface area contributed by atoms with Gasteiger partial charge in [0.15, 0.2) is 0 Å². The van der Waals surface area contributed by atoms with Crippen LogP contribution in [0.1, 0.15) is 53.9 Å². The van der Waals surface area contributed by atoms with Gasteiger partial charge in [-0.2, -0.15) is 0 Å². The summed E-state index contributed by atoms with van der Waals surface area (Å²) in [5, 5.41) is 13.6. The summed E-state index contributed by atoms with van der Waals surface area (Å²) in [5.74, 6) is -1.05. The lowest BCUT2D eigenvalue weighted by Gasteiger charge is -2.24. The fraction of sp³-hybridized carbons (Fsp3) is 0.571. The van der Waals surface area contributed by atoms with Crippen LogP contribution in [0.4, 0.5) is 0 Å². The molecule has 0 radical (unpaired) electrons. The van der Waals surface area contributed by atoms with Crippen molar-refractivity contribution in [3.8, 4) is 0 Å². The van der Waals surface area contributed by atoms with Crippen LogP contribution >= 0.6 is 11.3 Å². The van der Waals surface area contributed by atoms with Gasteiger partial charge in [-0.15, -0.1) is 11.3 Å². The maximum atomic E-state index is 12.3. The summed E-state index contributed by atoms with van der Waals surface area (Å²) in [7, 11) is 0. The van der Waals surface area contributed by atoms with Crippen LogP contribution in [0.25, 0.3) is 0 Å². The molecule has 19 heavy (non-hydrogen) atoms. The molecule has 1 amide bonds. The van der Waals surface area contributed by atoms with Gasteiger partial charge in [0.05, 0.1) is 12.0 Å². The van der Waals surface area contributed by atoms with E-state index in [1.54, 1.807) is 25.2 Å². The van der Waals surface area contributed by atoms with E-state index < -0.39 is 11.5 Å². The lowest BCUT2D eigenvalue weighted by Crippen LogP contribution is -2.45. The van der Waals surface area contributed by atoms with E-state index in [-0.39, 0.29) is 12.3 Å². The topological polar surface area (TPSA) is 66.4 Å². The number of carbonyl (C=O) groups is 2. The van der Waals surface area contributed by atoms with Crippen molar-refractivity contribution in [1.82, 2.24) is 5.32 Å². The molecule has 1 aliphatic carbocycles. The molecule has 1 aromatic rings. The molecule has 5 heteroatoms. The molecule has 0 saturated heterocycles. The quantitative estimate of drug-likeness (QED) is 0.891. The van der Waals surface area contributed by atoms with E-state index in [1.807, 2.05) is 5.38 Å². The van der Waals surface area contributed by atoms with Gasteiger partial charge in [-0.3, -0.25) is 9.59 Å². The minimum Gasteiger partial charge on any atom is -0.481 e. The van der Waals surface area contributed by atoms with Crippen LogP contribution in [0.3, 0.4) is 0 Å². The zero-order chi connectivity index (χ0) is 14.0. The van der Waals surface area contributed by atoms with E-state index in [1.165, 1.54) is 16.9 Å². The number of aryl methyl sites for hydroxylation is 1. The fourth-order valence-corrected chi connectivity index (χ4v) is 3.61. The monoisotopic (exact) mass is 281 g/mol. The first-order valence-electron chi connectivity index (χ1n) is 6.52. The number of carbonyl (C=O) groups excluding carboxylic acids is 1. The Bertz CT molecular complexity index is 505. The van der Waals surface area contributed by atoms with E-state index >= 15 is 0 Å². The molecule has 2 N–H and O–H groups in total. The third kappa shape index (κ3) is 3.35. The van der Waals surface area contributed by atoms with Gasteiger partial charge < -0.3 is 10.4 Å². The first kappa shape index (κ1) is 14.1. The first-order valence-corrected chi connectivity index (χ1v) is 7.40. The number of thiophene rings is 1. The van der Waals surface area contributed by atoms with Crippen LogP contribution in [0.15, 0.2) is 5.38 Å². The van der Waals surface area contributed by atoms with E-state index in [9.17, 15) is 9.59 Å². The summed E-state index contributed by atoms with van der Waals surface area (Å²) in [6.45, 7) is 3.47. The van der Waals surface area contributed by atoms with Crippen molar-refractivity contribution in [3.05, 3.63) is 21.4 Å². The number of hydrogen-bond acceptors (Lipinski definition) is 3. The number of aliphatic carboxylic acids is 1. The number of rotatable bonds is 4. The van der Waals surface area contributed by atoms with Crippen LogP contribution in [0.2, 0.25) is 0 Å². The van der Waals surface area contributed by atoms with Crippen LogP contribution in [-0.4, -0.2) is 22.5 Å². The highest BCUT2D eigenvalue weighted by atomic mass is 32.1. The second kappa shape index (κ2) is 5.33. The van der Waals surface area contributed by atoms with E-state index in [0.29, 0.717) is 0 Å². The Morgan fingerprint density at radius 1 is 1.37 bits per heavy atom. The molecule has 0 bridgehead atoms. The highest BCUT2D eigenvalue weighted by Gasteiger charge is 2.27. The zero-order valence-electron chi connectivity index (χ0n) is 11.3. The number of fused-ring (bicyclic) bond motifs is 1. The van der Waals surface area contributed by atoms with Gasteiger partial charge in [-0.05, 0) is 45.1 Å². The van der Waals surface area contributed by atoms with Crippen molar-refractivity contribution in [3.63, 3.8) is 0 Å². The Balaban J connectivity index is 2.12.